The second-order valence-corrected chi connectivity index (χ2v) is 6.79. The summed E-state index contributed by atoms with van der Waals surface area (Å²) in [6.45, 7) is 0. The van der Waals surface area contributed by atoms with Crippen LogP contribution in [0.2, 0.25) is 0 Å². The van der Waals surface area contributed by atoms with Gasteiger partial charge in [-0.1, -0.05) is 24.3 Å². The summed E-state index contributed by atoms with van der Waals surface area (Å²) in [6, 6.07) is 12.0. The maximum Gasteiger partial charge on any atom is 0.189 e. The highest BCUT2D eigenvalue weighted by Gasteiger charge is 2.21. The Morgan fingerprint density at radius 1 is 1.11 bits per heavy atom. The molecule has 1 aromatic carbocycles. The molecule has 1 heterocycles. The van der Waals surface area contributed by atoms with Crippen molar-refractivity contribution in [2.75, 3.05) is 0 Å². The lowest BCUT2D eigenvalue weighted by Crippen LogP contribution is -2.13. The molecule has 1 aliphatic rings. The summed E-state index contributed by atoms with van der Waals surface area (Å²) >= 11 is 5.09. The summed E-state index contributed by atoms with van der Waals surface area (Å²) < 4.78 is 1.10. The Labute approximate surface area is 118 Å². The Bertz CT molecular complexity index is 639. The predicted molar refractivity (Wildman–Crippen MR) is 79.1 cm³/mol. The van der Waals surface area contributed by atoms with E-state index in [0.717, 1.165) is 32.6 Å². The third-order valence-corrected chi connectivity index (χ3v) is 4.70. The Balaban J connectivity index is 1.98. The lowest BCUT2D eigenvalue weighted by atomic mass is 9.86. The maximum atomic E-state index is 12.4. The summed E-state index contributed by atoms with van der Waals surface area (Å²) in [4.78, 5) is 13.5. The van der Waals surface area contributed by atoms with Gasteiger partial charge in [0, 0.05) is 16.0 Å². The molecule has 1 aromatic heterocycles. The summed E-state index contributed by atoms with van der Waals surface area (Å²) in [5.41, 5.74) is 2.96. The van der Waals surface area contributed by atoms with Crippen LogP contribution in [0.1, 0.15) is 27.2 Å². The summed E-state index contributed by atoms with van der Waals surface area (Å²) in [7, 11) is 0. The van der Waals surface area contributed by atoms with Crippen LogP contribution in [0.25, 0.3) is 6.08 Å². The number of hydrogen-bond donors (Lipinski definition) is 0. The van der Waals surface area contributed by atoms with E-state index in [1.807, 2.05) is 42.5 Å². The first-order valence-corrected chi connectivity index (χ1v) is 7.43. The average molecular weight is 319 g/mol. The fourth-order valence-corrected chi connectivity index (χ4v) is 3.62. The van der Waals surface area contributed by atoms with Crippen molar-refractivity contribution in [1.82, 2.24) is 0 Å². The Morgan fingerprint density at radius 3 is 2.72 bits per heavy atom. The van der Waals surface area contributed by atoms with Gasteiger partial charge in [0.15, 0.2) is 5.78 Å². The molecule has 0 N–H and O–H groups in total. The van der Waals surface area contributed by atoms with Gasteiger partial charge in [0.25, 0.3) is 0 Å². The number of ketones is 1. The summed E-state index contributed by atoms with van der Waals surface area (Å²) in [6.07, 6.45) is 3.82. The first-order chi connectivity index (χ1) is 8.74. The minimum atomic E-state index is 0.182. The van der Waals surface area contributed by atoms with Crippen LogP contribution in [0.3, 0.4) is 0 Å². The Kier molecular flexibility index (Phi) is 3.18. The van der Waals surface area contributed by atoms with Crippen LogP contribution in [0, 0.1) is 0 Å². The molecule has 0 aliphatic heterocycles. The van der Waals surface area contributed by atoms with Crippen LogP contribution >= 0.6 is 27.3 Å². The van der Waals surface area contributed by atoms with Crippen LogP contribution in [-0.4, -0.2) is 5.78 Å². The molecule has 0 bridgehead atoms. The number of carbonyl (C=O) groups excluding carboxylic acids is 1. The zero-order valence-corrected chi connectivity index (χ0v) is 12.1. The molecular formula is C15H11BrOS. The number of allylic oxidation sites excluding steroid dienone is 1. The number of thiophene rings is 1. The van der Waals surface area contributed by atoms with Gasteiger partial charge in [-0.15, -0.1) is 11.3 Å². The van der Waals surface area contributed by atoms with E-state index in [2.05, 4.69) is 15.9 Å². The van der Waals surface area contributed by atoms with E-state index in [9.17, 15) is 4.79 Å². The summed E-state index contributed by atoms with van der Waals surface area (Å²) in [5, 5.41) is 0. The number of carbonyl (C=O) groups is 1. The van der Waals surface area contributed by atoms with E-state index in [-0.39, 0.29) is 5.78 Å². The van der Waals surface area contributed by atoms with Gasteiger partial charge in [-0.05, 0) is 52.5 Å². The normalized spacial score (nSPS) is 16.9. The van der Waals surface area contributed by atoms with E-state index in [1.54, 1.807) is 11.3 Å². The number of aryl methyl sites for hydroxylation is 1. The SMILES string of the molecule is O=C1C(=Cc2ccc(Br)s2)CCc2ccccc21. The first kappa shape index (κ1) is 11.9. The van der Waals surface area contributed by atoms with Crippen molar-refractivity contribution in [2.24, 2.45) is 0 Å². The largest absolute Gasteiger partial charge is 0.289 e. The maximum absolute atomic E-state index is 12.4. The number of hydrogen-bond acceptors (Lipinski definition) is 2. The zero-order valence-electron chi connectivity index (χ0n) is 9.65. The van der Waals surface area contributed by atoms with Crippen molar-refractivity contribution in [3.63, 3.8) is 0 Å². The average Bonchev–Trinajstić information content (AvgIpc) is 2.79. The van der Waals surface area contributed by atoms with E-state index in [4.69, 9.17) is 0 Å². The van der Waals surface area contributed by atoms with Gasteiger partial charge in [-0.2, -0.15) is 0 Å². The van der Waals surface area contributed by atoms with Gasteiger partial charge in [-0.3, -0.25) is 4.79 Å². The molecule has 0 spiro atoms. The molecular weight excluding hydrogens is 308 g/mol. The number of halogens is 1. The molecule has 2 aromatic rings. The highest BCUT2D eigenvalue weighted by Crippen LogP contribution is 2.29. The molecule has 3 heteroatoms. The predicted octanol–water partition coefficient (Wildman–Crippen LogP) is 4.72. The van der Waals surface area contributed by atoms with Crippen molar-refractivity contribution in [2.45, 2.75) is 12.8 Å². The highest BCUT2D eigenvalue weighted by molar-refractivity contribution is 9.11. The molecule has 1 aliphatic carbocycles. The highest BCUT2D eigenvalue weighted by atomic mass is 79.9. The lowest BCUT2D eigenvalue weighted by molar-refractivity contribution is 0.102. The number of Topliss-reactive ketones (excluding diaryl/α,β-unsaturated/α-hetero) is 1. The molecule has 0 radical (unpaired) electrons. The molecule has 0 atom stereocenters. The molecule has 0 fully saturated rings. The molecule has 0 saturated carbocycles. The van der Waals surface area contributed by atoms with Crippen molar-refractivity contribution in [3.05, 3.63) is 61.8 Å². The van der Waals surface area contributed by atoms with Crippen LogP contribution < -0.4 is 0 Å². The molecule has 0 saturated heterocycles. The topological polar surface area (TPSA) is 17.1 Å². The van der Waals surface area contributed by atoms with Gasteiger partial charge in [-0.25, -0.2) is 0 Å². The van der Waals surface area contributed by atoms with Crippen molar-refractivity contribution in [1.29, 1.82) is 0 Å². The van der Waals surface area contributed by atoms with Gasteiger partial charge in [0.05, 0.1) is 3.79 Å². The molecule has 1 nitrogen and oxygen atoms in total. The monoisotopic (exact) mass is 318 g/mol. The van der Waals surface area contributed by atoms with E-state index < -0.39 is 0 Å². The van der Waals surface area contributed by atoms with Crippen molar-refractivity contribution < 1.29 is 4.79 Å². The molecule has 18 heavy (non-hydrogen) atoms. The van der Waals surface area contributed by atoms with Gasteiger partial charge >= 0.3 is 0 Å². The zero-order chi connectivity index (χ0) is 12.5. The first-order valence-electron chi connectivity index (χ1n) is 5.82. The van der Waals surface area contributed by atoms with Gasteiger partial charge < -0.3 is 0 Å². The minimum absolute atomic E-state index is 0.182. The van der Waals surface area contributed by atoms with E-state index >= 15 is 0 Å². The minimum Gasteiger partial charge on any atom is -0.289 e. The van der Waals surface area contributed by atoms with Gasteiger partial charge in [0.1, 0.15) is 0 Å². The fourth-order valence-electron chi connectivity index (χ4n) is 2.23. The van der Waals surface area contributed by atoms with Gasteiger partial charge in [0.2, 0.25) is 0 Å². The smallest absolute Gasteiger partial charge is 0.189 e. The molecule has 90 valence electrons. The number of fused-ring (bicyclic) bond motifs is 1. The number of benzene rings is 1. The standard InChI is InChI=1S/C15H11BrOS/c16-14-8-7-12(18-14)9-11-6-5-10-3-1-2-4-13(10)15(11)17/h1-4,7-9H,5-6H2. The second kappa shape index (κ2) is 4.82. The van der Waals surface area contributed by atoms with Crippen LogP contribution in [0.15, 0.2) is 45.8 Å². The van der Waals surface area contributed by atoms with E-state index in [0.29, 0.717) is 0 Å². The third-order valence-electron chi connectivity index (χ3n) is 3.13. The second-order valence-electron chi connectivity index (χ2n) is 4.30. The van der Waals surface area contributed by atoms with Crippen molar-refractivity contribution >= 4 is 39.1 Å². The Morgan fingerprint density at radius 2 is 1.94 bits per heavy atom. The third kappa shape index (κ3) is 2.20. The van der Waals surface area contributed by atoms with Crippen LogP contribution in [0.4, 0.5) is 0 Å². The van der Waals surface area contributed by atoms with Crippen LogP contribution in [-0.2, 0) is 6.42 Å². The van der Waals surface area contributed by atoms with Crippen molar-refractivity contribution in [3.8, 4) is 0 Å². The summed E-state index contributed by atoms with van der Waals surface area (Å²) in [5.74, 6) is 0.182. The number of rotatable bonds is 1. The fraction of sp³-hybridized carbons (Fsp3) is 0.133. The lowest BCUT2D eigenvalue weighted by Gasteiger charge is -2.16. The quantitative estimate of drug-likeness (QED) is 0.695. The molecule has 0 amide bonds. The Hall–Kier alpha value is -1.19. The van der Waals surface area contributed by atoms with E-state index in [1.165, 1.54) is 5.56 Å². The molecule has 3 rings (SSSR count). The molecule has 0 unspecified atom stereocenters. The van der Waals surface area contributed by atoms with Crippen LogP contribution in [0.5, 0.6) is 0 Å².